The van der Waals surface area contributed by atoms with E-state index in [1.807, 2.05) is 6.07 Å². The molecule has 0 atom stereocenters. The lowest BCUT2D eigenvalue weighted by Gasteiger charge is -2.07. The van der Waals surface area contributed by atoms with Crippen molar-refractivity contribution in [3.63, 3.8) is 0 Å². The maximum atomic E-state index is 11.9. The highest BCUT2D eigenvalue weighted by Gasteiger charge is 2.14. The molecule has 1 amide bonds. The summed E-state index contributed by atoms with van der Waals surface area (Å²) in [6.45, 7) is -0.510. The van der Waals surface area contributed by atoms with E-state index in [1.54, 1.807) is 42.5 Å². The van der Waals surface area contributed by atoms with Crippen LogP contribution in [0.1, 0.15) is 5.56 Å². The van der Waals surface area contributed by atoms with Crippen LogP contribution in [-0.4, -0.2) is 23.1 Å². The number of aromatic nitrogens is 1. The summed E-state index contributed by atoms with van der Waals surface area (Å²) in [5.74, 6) is -1.83. The molecule has 134 valence electrons. The Balaban J connectivity index is 1.51. The van der Waals surface area contributed by atoms with Crippen LogP contribution in [-0.2, 0) is 27.4 Å². The summed E-state index contributed by atoms with van der Waals surface area (Å²) < 4.78 is 11.1. The van der Waals surface area contributed by atoms with E-state index >= 15 is 0 Å². The first-order valence-electron chi connectivity index (χ1n) is 7.78. The number of ether oxygens (including phenoxy) is 1. The maximum Gasteiger partial charge on any atom is 0.420 e. The normalized spacial score (nSPS) is 10.7. The maximum absolute atomic E-state index is 11.9. The van der Waals surface area contributed by atoms with Gasteiger partial charge in [0.05, 0.1) is 5.52 Å². The quantitative estimate of drug-likeness (QED) is 0.667. The van der Waals surface area contributed by atoms with Gasteiger partial charge in [-0.3, -0.25) is 14.2 Å². The molecule has 0 saturated carbocycles. The fraction of sp³-hybridized carbons (Fsp3) is 0.167. The van der Waals surface area contributed by atoms with Gasteiger partial charge in [0, 0.05) is 11.6 Å². The molecule has 0 saturated heterocycles. The Hall–Kier alpha value is -3.06. The number of nitrogens with zero attached hydrogens (tertiary/aromatic N) is 1. The van der Waals surface area contributed by atoms with Gasteiger partial charge in [-0.05, 0) is 29.8 Å². The molecule has 0 aliphatic rings. The first-order valence-corrected chi connectivity index (χ1v) is 8.16. The van der Waals surface area contributed by atoms with Gasteiger partial charge in [-0.2, -0.15) is 0 Å². The van der Waals surface area contributed by atoms with E-state index in [-0.39, 0.29) is 13.1 Å². The third-order valence-corrected chi connectivity index (χ3v) is 3.84. The molecule has 3 aromatic rings. The molecule has 0 aliphatic carbocycles. The van der Waals surface area contributed by atoms with Crippen LogP contribution >= 0.6 is 11.6 Å². The Bertz CT molecular complexity index is 1010. The van der Waals surface area contributed by atoms with Gasteiger partial charge >= 0.3 is 11.7 Å². The fourth-order valence-electron chi connectivity index (χ4n) is 2.38. The summed E-state index contributed by atoms with van der Waals surface area (Å²) in [7, 11) is 0. The van der Waals surface area contributed by atoms with E-state index in [9.17, 15) is 14.4 Å². The number of carbonyl (C=O) groups is 2. The highest BCUT2D eigenvalue weighted by Crippen LogP contribution is 2.12. The Morgan fingerprint density at radius 2 is 1.96 bits per heavy atom. The molecule has 3 rings (SSSR count). The molecule has 0 fully saturated rings. The number of esters is 1. The molecule has 7 nitrogen and oxygen atoms in total. The third-order valence-electron chi connectivity index (χ3n) is 3.60. The Morgan fingerprint density at radius 1 is 1.15 bits per heavy atom. The number of carbonyl (C=O) groups excluding carboxylic acids is 2. The molecule has 26 heavy (non-hydrogen) atoms. The molecule has 1 aromatic heterocycles. The van der Waals surface area contributed by atoms with E-state index in [2.05, 4.69) is 5.32 Å². The summed E-state index contributed by atoms with van der Waals surface area (Å²) >= 11 is 5.87. The SMILES string of the molecule is O=C(COC(=O)Cn1c(=O)oc2ccccc21)NCc1cccc(Cl)c1. The largest absolute Gasteiger partial charge is 0.454 e. The van der Waals surface area contributed by atoms with Crippen LogP contribution in [0.4, 0.5) is 0 Å². The van der Waals surface area contributed by atoms with Crippen molar-refractivity contribution in [1.29, 1.82) is 0 Å². The number of nitrogens with one attached hydrogen (secondary N) is 1. The van der Waals surface area contributed by atoms with Crippen LogP contribution in [0, 0.1) is 0 Å². The number of fused-ring (bicyclic) bond motifs is 1. The Labute approximate surface area is 153 Å². The van der Waals surface area contributed by atoms with E-state index in [0.29, 0.717) is 16.1 Å². The molecular formula is C18H15ClN2O5. The summed E-state index contributed by atoms with van der Waals surface area (Å²) in [6, 6.07) is 13.8. The summed E-state index contributed by atoms with van der Waals surface area (Å²) in [5.41, 5.74) is 1.69. The van der Waals surface area contributed by atoms with Crippen molar-refractivity contribution in [3.8, 4) is 0 Å². The first-order chi connectivity index (χ1) is 12.5. The van der Waals surface area contributed by atoms with Crippen molar-refractivity contribution in [2.45, 2.75) is 13.1 Å². The minimum absolute atomic E-state index is 0.267. The van der Waals surface area contributed by atoms with Gasteiger partial charge in [0.25, 0.3) is 5.91 Å². The standard InChI is InChI=1S/C18H15ClN2O5/c19-13-5-3-4-12(8-13)9-20-16(22)11-25-17(23)10-21-14-6-1-2-7-15(14)26-18(21)24/h1-8H,9-11H2,(H,20,22). The molecular weight excluding hydrogens is 360 g/mol. The second kappa shape index (κ2) is 7.88. The molecule has 2 aromatic carbocycles. The van der Waals surface area contributed by atoms with Crippen molar-refractivity contribution in [2.24, 2.45) is 0 Å². The lowest BCUT2D eigenvalue weighted by molar-refractivity contribution is -0.149. The molecule has 1 N–H and O–H groups in total. The number of amides is 1. The zero-order valence-electron chi connectivity index (χ0n) is 13.6. The average Bonchev–Trinajstić information content (AvgIpc) is 2.94. The molecule has 0 aliphatic heterocycles. The highest BCUT2D eigenvalue weighted by atomic mass is 35.5. The monoisotopic (exact) mass is 374 g/mol. The number of oxazole rings is 1. The second-order valence-electron chi connectivity index (χ2n) is 5.49. The zero-order valence-corrected chi connectivity index (χ0v) is 14.4. The van der Waals surface area contributed by atoms with Gasteiger partial charge in [-0.15, -0.1) is 0 Å². The fourth-order valence-corrected chi connectivity index (χ4v) is 2.60. The van der Waals surface area contributed by atoms with Crippen LogP contribution in [0.2, 0.25) is 5.02 Å². The minimum Gasteiger partial charge on any atom is -0.454 e. The second-order valence-corrected chi connectivity index (χ2v) is 5.93. The number of benzene rings is 2. The van der Waals surface area contributed by atoms with Crippen LogP contribution in [0.3, 0.4) is 0 Å². The van der Waals surface area contributed by atoms with Crippen LogP contribution in [0.5, 0.6) is 0 Å². The number of hydrogen-bond acceptors (Lipinski definition) is 5. The van der Waals surface area contributed by atoms with E-state index in [1.165, 1.54) is 0 Å². The van der Waals surface area contributed by atoms with E-state index < -0.39 is 24.2 Å². The van der Waals surface area contributed by atoms with Gasteiger partial charge in [0.2, 0.25) is 0 Å². The zero-order chi connectivity index (χ0) is 18.5. The topological polar surface area (TPSA) is 90.5 Å². The van der Waals surface area contributed by atoms with Crippen LogP contribution in [0.15, 0.2) is 57.7 Å². The summed E-state index contributed by atoms with van der Waals surface area (Å²) in [5, 5.41) is 3.19. The molecule has 8 heteroatoms. The molecule has 0 radical (unpaired) electrons. The summed E-state index contributed by atoms with van der Waals surface area (Å²) in [4.78, 5) is 35.5. The predicted molar refractivity (Wildman–Crippen MR) is 94.7 cm³/mol. The Kier molecular flexibility index (Phi) is 5.38. The molecule has 0 unspecified atom stereocenters. The van der Waals surface area contributed by atoms with Gasteiger partial charge in [-0.1, -0.05) is 35.9 Å². The lowest BCUT2D eigenvalue weighted by Crippen LogP contribution is -2.30. The number of halogens is 1. The van der Waals surface area contributed by atoms with Crippen LogP contribution < -0.4 is 11.1 Å². The van der Waals surface area contributed by atoms with Gasteiger partial charge < -0.3 is 14.5 Å². The third kappa shape index (κ3) is 4.31. The number of hydrogen-bond donors (Lipinski definition) is 1. The van der Waals surface area contributed by atoms with E-state index in [0.717, 1.165) is 10.1 Å². The minimum atomic E-state index is -0.712. The van der Waals surface area contributed by atoms with Gasteiger partial charge in [0.1, 0.15) is 6.54 Å². The lowest BCUT2D eigenvalue weighted by atomic mass is 10.2. The highest BCUT2D eigenvalue weighted by molar-refractivity contribution is 6.30. The van der Waals surface area contributed by atoms with Crippen LogP contribution in [0.25, 0.3) is 11.1 Å². The van der Waals surface area contributed by atoms with Gasteiger partial charge in [0.15, 0.2) is 12.2 Å². The van der Waals surface area contributed by atoms with E-state index in [4.69, 9.17) is 20.8 Å². The van der Waals surface area contributed by atoms with Crippen molar-refractivity contribution >= 4 is 34.6 Å². The number of rotatable bonds is 6. The Morgan fingerprint density at radius 3 is 2.77 bits per heavy atom. The molecule has 0 spiro atoms. The van der Waals surface area contributed by atoms with Gasteiger partial charge in [-0.25, -0.2) is 4.79 Å². The van der Waals surface area contributed by atoms with Crippen molar-refractivity contribution in [3.05, 3.63) is 69.7 Å². The smallest absolute Gasteiger partial charge is 0.420 e. The average molecular weight is 375 g/mol. The van der Waals surface area contributed by atoms with Crippen molar-refractivity contribution in [2.75, 3.05) is 6.61 Å². The number of para-hydroxylation sites is 2. The van der Waals surface area contributed by atoms with Crippen molar-refractivity contribution in [1.82, 2.24) is 9.88 Å². The molecule has 0 bridgehead atoms. The summed E-state index contributed by atoms with van der Waals surface area (Å²) in [6.07, 6.45) is 0. The predicted octanol–water partition coefficient (Wildman–Crippen LogP) is 2.11. The first kappa shape index (κ1) is 17.8. The van der Waals surface area contributed by atoms with Crippen molar-refractivity contribution < 1.29 is 18.7 Å². The molecule has 1 heterocycles.